The number of carbonyl (C=O) groups excluding carboxylic acids is 1. The fourth-order valence-corrected chi connectivity index (χ4v) is 0.842. The molecule has 0 spiro atoms. The Morgan fingerprint density at radius 2 is 2.29 bits per heavy atom. The van der Waals surface area contributed by atoms with Gasteiger partial charge in [-0.25, -0.2) is 9.78 Å². The molecule has 1 heterocycles. The summed E-state index contributed by atoms with van der Waals surface area (Å²) in [5, 5.41) is 0. The van der Waals surface area contributed by atoms with Gasteiger partial charge in [0, 0.05) is 0 Å². The molecule has 76 valence electrons. The standard InChI is InChI=1S/C10H14N2O2/c1-7(2)6-14-10(13)9-4-3-8(11)5-12-9/h3-5,7H,6,11H2,1-2H3. The lowest BCUT2D eigenvalue weighted by atomic mass is 10.2. The van der Waals surface area contributed by atoms with Gasteiger partial charge in [-0.1, -0.05) is 13.8 Å². The van der Waals surface area contributed by atoms with Gasteiger partial charge >= 0.3 is 5.97 Å². The van der Waals surface area contributed by atoms with Crippen LogP contribution in [0.15, 0.2) is 18.3 Å². The van der Waals surface area contributed by atoms with E-state index in [1.54, 1.807) is 12.1 Å². The van der Waals surface area contributed by atoms with Gasteiger partial charge in [-0.15, -0.1) is 0 Å². The summed E-state index contributed by atoms with van der Waals surface area (Å²) in [6.45, 7) is 4.36. The highest BCUT2D eigenvalue weighted by molar-refractivity contribution is 5.87. The number of nitrogens with zero attached hydrogens (tertiary/aromatic N) is 1. The van der Waals surface area contributed by atoms with Crippen molar-refractivity contribution >= 4 is 11.7 Å². The van der Waals surface area contributed by atoms with E-state index in [4.69, 9.17) is 10.5 Å². The van der Waals surface area contributed by atoms with Crippen molar-refractivity contribution in [1.29, 1.82) is 0 Å². The normalized spacial score (nSPS) is 10.2. The lowest BCUT2D eigenvalue weighted by molar-refractivity contribution is 0.0452. The first-order valence-corrected chi connectivity index (χ1v) is 4.48. The van der Waals surface area contributed by atoms with E-state index in [1.807, 2.05) is 13.8 Å². The van der Waals surface area contributed by atoms with Gasteiger partial charge in [0.1, 0.15) is 5.69 Å². The van der Waals surface area contributed by atoms with Crippen molar-refractivity contribution in [1.82, 2.24) is 4.98 Å². The molecule has 0 fully saturated rings. The third kappa shape index (κ3) is 3.05. The van der Waals surface area contributed by atoms with Gasteiger partial charge in [0.15, 0.2) is 0 Å². The molecule has 14 heavy (non-hydrogen) atoms. The van der Waals surface area contributed by atoms with Crippen molar-refractivity contribution in [2.75, 3.05) is 12.3 Å². The minimum absolute atomic E-state index is 0.292. The number of rotatable bonds is 3. The van der Waals surface area contributed by atoms with E-state index in [-0.39, 0.29) is 0 Å². The molecule has 0 bridgehead atoms. The van der Waals surface area contributed by atoms with E-state index in [2.05, 4.69) is 4.98 Å². The third-order valence-corrected chi connectivity index (χ3v) is 1.54. The van der Waals surface area contributed by atoms with E-state index in [0.717, 1.165) is 0 Å². The SMILES string of the molecule is CC(C)COC(=O)c1ccc(N)cn1. The molecular weight excluding hydrogens is 180 g/mol. The van der Waals surface area contributed by atoms with Crippen LogP contribution in [0.25, 0.3) is 0 Å². The van der Waals surface area contributed by atoms with Crippen molar-refractivity contribution in [3.63, 3.8) is 0 Å². The topological polar surface area (TPSA) is 65.2 Å². The van der Waals surface area contributed by atoms with Gasteiger partial charge in [-0.2, -0.15) is 0 Å². The molecule has 2 N–H and O–H groups in total. The van der Waals surface area contributed by atoms with Crippen LogP contribution < -0.4 is 5.73 Å². The fraction of sp³-hybridized carbons (Fsp3) is 0.400. The zero-order valence-electron chi connectivity index (χ0n) is 8.36. The van der Waals surface area contributed by atoms with Crippen LogP contribution >= 0.6 is 0 Å². The monoisotopic (exact) mass is 194 g/mol. The smallest absolute Gasteiger partial charge is 0.356 e. The molecule has 0 unspecified atom stereocenters. The minimum Gasteiger partial charge on any atom is -0.461 e. The third-order valence-electron chi connectivity index (χ3n) is 1.54. The van der Waals surface area contributed by atoms with Crippen molar-refractivity contribution < 1.29 is 9.53 Å². The van der Waals surface area contributed by atoms with E-state index in [1.165, 1.54) is 6.20 Å². The first-order chi connectivity index (χ1) is 6.59. The largest absolute Gasteiger partial charge is 0.461 e. The van der Waals surface area contributed by atoms with Crippen LogP contribution in [0.3, 0.4) is 0 Å². The highest BCUT2D eigenvalue weighted by Crippen LogP contribution is 2.03. The summed E-state index contributed by atoms with van der Waals surface area (Å²) in [4.78, 5) is 15.2. The van der Waals surface area contributed by atoms with Gasteiger partial charge in [0.05, 0.1) is 18.5 Å². The number of anilines is 1. The average molecular weight is 194 g/mol. The van der Waals surface area contributed by atoms with E-state index >= 15 is 0 Å². The number of aromatic nitrogens is 1. The molecule has 0 aliphatic heterocycles. The number of hydrogen-bond donors (Lipinski definition) is 1. The Kier molecular flexibility index (Phi) is 3.45. The molecule has 0 atom stereocenters. The van der Waals surface area contributed by atoms with Gasteiger partial charge in [0.25, 0.3) is 0 Å². The molecule has 0 amide bonds. The van der Waals surface area contributed by atoms with Crippen molar-refractivity contribution in [3.05, 3.63) is 24.0 Å². The summed E-state index contributed by atoms with van der Waals surface area (Å²) in [6, 6.07) is 3.18. The Labute approximate surface area is 83.1 Å². The van der Waals surface area contributed by atoms with Crippen molar-refractivity contribution in [3.8, 4) is 0 Å². The number of carbonyl (C=O) groups is 1. The van der Waals surface area contributed by atoms with E-state index < -0.39 is 5.97 Å². The fourth-order valence-electron chi connectivity index (χ4n) is 0.842. The van der Waals surface area contributed by atoms with Gasteiger partial charge in [-0.05, 0) is 18.1 Å². The molecule has 0 saturated heterocycles. The second-order valence-electron chi connectivity index (χ2n) is 3.47. The van der Waals surface area contributed by atoms with Crippen LogP contribution in [0.1, 0.15) is 24.3 Å². The van der Waals surface area contributed by atoms with Crippen molar-refractivity contribution in [2.45, 2.75) is 13.8 Å². The maximum absolute atomic E-state index is 11.3. The highest BCUT2D eigenvalue weighted by Gasteiger charge is 2.08. The summed E-state index contributed by atoms with van der Waals surface area (Å²) >= 11 is 0. The summed E-state index contributed by atoms with van der Waals surface area (Å²) in [6.07, 6.45) is 1.44. The molecule has 0 aliphatic rings. The molecule has 0 radical (unpaired) electrons. The molecular formula is C10H14N2O2. The quantitative estimate of drug-likeness (QED) is 0.740. The molecule has 1 aromatic heterocycles. The predicted molar refractivity (Wildman–Crippen MR) is 53.8 cm³/mol. The number of esters is 1. The Balaban J connectivity index is 2.57. The average Bonchev–Trinajstić information content (AvgIpc) is 2.15. The number of hydrogen-bond acceptors (Lipinski definition) is 4. The van der Waals surface area contributed by atoms with Crippen LogP contribution in [0.2, 0.25) is 0 Å². The van der Waals surface area contributed by atoms with Crippen LogP contribution in [0.4, 0.5) is 5.69 Å². The Bertz CT molecular complexity index is 306. The lowest BCUT2D eigenvalue weighted by Gasteiger charge is -2.06. The summed E-state index contributed by atoms with van der Waals surface area (Å²) in [5.74, 6) is -0.0774. The molecule has 0 aliphatic carbocycles. The number of pyridine rings is 1. The van der Waals surface area contributed by atoms with E-state index in [9.17, 15) is 4.79 Å². The molecule has 4 nitrogen and oxygen atoms in total. The zero-order chi connectivity index (χ0) is 10.6. The number of nitrogens with two attached hydrogens (primary N) is 1. The summed E-state index contributed by atoms with van der Waals surface area (Å²) < 4.78 is 4.99. The molecule has 1 aromatic rings. The first kappa shape index (κ1) is 10.5. The maximum Gasteiger partial charge on any atom is 0.356 e. The van der Waals surface area contributed by atoms with Crippen molar-refractivity contribution in [2.24, 2.45) is 5.92 Å². The first-order valence-electron chi connectivity index (χ1n) is 4.48. The lowest BCUT2D eigenvalue weighted by Crippen LogP contribution is -2.11. The van der Waals surface area contributed by atoms with Gasteiger partial charge in [-0.3, -0.25) is 0 Å². The Morgan fingerprint density at radius 3 is 2.79 bits per heavy atom. The number of ether oxygens (including phenoxy) is 1. The zero-order valence-corrected chi connectivity index (χ0v) is 8.36. The van der Waals surface area contributed by atoms with Crippen LogP contribution in [-0.2, 0) is 4.74 Å². The second kappa shape index (κ2) is 4.60. The highest BCUT2D eigenvalue weighted by atomic mass is 16.5. The predicted octanol–water partition coefficient (Wildman–Crippen LogP) is 1.48. The second-order valence-corrected chi connectivity index (χ2v) is 3.47. The summed E-state index contributed by atoms with van der Waals surface area (Å²) in [7, 11) is 0. The van der Waals surface area contributed by atoms with Crippen LogP contribution in [0.5, 0.6) is 0 Å². The van der Waals surface area contributed by atoms with Gasteiger partial charge < -0.3 is 10.5 Å². The minimum atomic E-state index is -0.404. The Hall–Kier alpha value is -1.58. The molecule has 0 saturated carbocycles. The molecule has 4 heteroatoms. The number of nitrogen functional groups attached to an aromatic ring is 1. The van der Waals surface area contributed by atoms with Crippen LogP contribution in [-0.4, -0.2) is 17.6 Å². The van der Waals surface area contributed by atoms with E-state index in [0.29, 0.717) is 23.9 Å². The van der Waals surface area contributed by atoms with Gasteiger partial charge in [0.2, 0.25) is 0 Å². The summed E-state index contributed by atoms with van der Waals surface area (Å²) in [5.41, 5.74) is 6.26. The molecule has 1 rings (SSSR count). The van der Waals surface area contributed by atoms with Crippen LogP contribution in [0, 0.1) is 5.92 Å². The molecule has 0 aromatic carbocycles. The Morgan fingerprint density at radius 1 is 1.57 bits per heavy atom. The maximum atomic E-state index is 11.3.